The van der Waals surface area contributed by atoms with Crippen molar-refractivity contribution < 1.29 is 0 Å². The largest absolute Gasteiger partial charge is 0.384 e. The summed E-state index contributed by atoms with van der Waals surface area (Å²) in [6, 6.07) is 19.2. The molecule has 0 amide bonds. The molecule has 0 spiro atoms. The summed E-state index contributed by atoms with van der Waals surface area (Å²) in [6.07, 6.45) is 4.54. The topological polar surface area (TPSA) is 12.0 Å². The van der Waals surface area contributed by atoms with Gasteiger partial charge in [-0.1, -0.05) is 54.6 Å². The van der Waals surface area contributed by atoms with E-state index in [0.29, 0.717) is 0 Å². The molecule has 0 saturated heterocycles. The molecule has 0 fully saturated rings. The second kappa shape index (κ2) is 5.09. The molecule has 0 saturated carbocycles. The molecule has 1 nitrogen and oxygen atoms in total. The summed E-state index contributed by atoms with van der Waals surface area (Å²) in [7, 11) is 0. The van der Waals surface area contributed by atoms with Gasteiger partial charge in [0.2, 0.25) is 0 Å². The van der Waals surface area contributed by atoms with Gasteiger partial charge in [0.25, 0.3) is 0 Å². The highest BCUT2D eigenvalue weighted by atomic mass is 14.9. The van der Waals surface area contributed by atoms with E-state index < -0.39 is 0 Å². The molecule has 1 heteroatoms. The minimum absolute atomic E-state index is 0.912. The Bertz CT molecular complexity index is 555. The van der Waals surface area contributed by atoms with Crippen LogP contribution in [0.4, 0.5) is 0 Å². The first-order valence-electron chi connectivity index (χ1n) is 6.48. The van der Waals surface area contributed by atoms with E-state index in [2.05, 4.69) is 66.0 Å². The summed E-state index contributed by atoms with van der Waals surface area (Å²) < 4.78 is 0. The van der Waals surface area contributed by atoms with Gasteiger partial charge >= 0.3 is 0 Å². The predicted octanol–water partition coefficient (Wildman–Crippen LogP) is 3.76. The van der Waals surface area contributed by atoms with Crippen molar-refractivity contribution in [2.24, 2.45) is 0 Å². The van der Waals surface area contributed by atoms with E-state index in [-0.39, 0.29) is 0 Å². The fraction of sp³-hybridized carbons (Fsp3) is 0.176. The van der Waals surface area contributed by atoms with E-state index in [1.165, 1.54) is 22.4 Å². The van der Waals surface area contributed by atoms with Crippen LogP contribution in [0.1, 0.15) is 23.1 Å². The number of allylic oxidation sites excluding steroid dienone is 1. The summed E-state index contributed by atoms with van der Waals surface area (Å²) in [4.78, 5) is 0. The zero-order valence-corrected chi connectivity index (χ0v) is 10.4. The van der Waals surface area contributed by atoms with Crippen molar-refractivity contribution in [3.63, 3.8) is 0 Å². The van der Waals surface area contributed by atoms with E-state index >= 15 is 0 Å². The molecule has 1 aliphatic rings. The Morgan fingerprint density at radius 2 is 1.61 bits per heavy atom. The lowest BCUT2D eigenvalue weighted by Crippen LogP contribution is -2.15. The van der Waals surface area contributed by atoms with E-state index in [9.17, 15) is 0 Å². The normalized spacial score (nSPS) is 13.7. The molecule has 1 N–H and O–H groups in total. The Morgan fingerprint density at radius 3 is 2.50 bits per heavy atom. The lowest BCUT2D eigenvalue weighted by Gasteiger charge is -2.18. The fourth-order valence-electron chi connectivity index (χ4n) is 2.38. The number of hydrogen-bond acceptors (Lipinski definition) is 1. The minimum atomic E-state index is 0.912. The van der Waals surface area contributed by atoms with Gasteiger partial charge in [-0.25, -0.2) is 0 Å². The first kappa shape index (κ1) is 11.1. The van der Waals surface area contributed by atoms with Crippen molar-refractivity contribution >= 4 is 6.08 Å². The van der Waals surface area contributed by atoms with Crippen LogP contribution in [0, 0.1) is 0 Å². The zero-order chi connectivity index (χ0) is 12.2. The molecule has 0 heterocycles. The number of hydrogen-bond donors (Lipinski definition) is 1. The van der Waals surface area contributed by atoms with Crippen LogP contribution in [0.2, 0.25) is 0 Å². The molecule has 90 valence electrons. The summed E-state index contributed by atoms with van der Waals surface area (Å²) in [5.74, 6) is 0. The summed E-state index contributed by atoms with van der Waals surface area (Å²) in [5, 5.41) is 3.54. The van der Waals surface area contributed by atoms with Gasteiger partial charge in [0.1, 0.15) is 0 Å². The number of fused-ring (bicyclic) bond motifs is 1. The van der Waals surface area contributed by atoms with Crippen LogP contribution in [0.5, 0.6) is 0 Å². The Labute approximate surface area is 108 Å². The van der Waals surface area contributed by atoms with Crippen LogP contribution in [0.25, 0.3) is 6.08 Å². The molecule has 2 aromatic rings. The van der Waals surface area contributed by atoms with Crippen molar-refractivity contribution in [2.75, 3.05) is 0 Å². The molecular formula is C17H17N. The van der Waals surface area contributed by atoms with Crippen molar-refractivity contribution in [1.29, 1.82) is 0 Å². The smallest absolute Gasteiger partial charge is 0.0397 e. The monoisotopic (exact) mass is 235 g/mol. The predicted molar refractivity (Wildman–Crippen MR) is 76.0 cm³/mol. The third-order valence-electron chi connectivity index (χ3n) is 3.41. The van der Waals surface area contributed by atoms with Gasteiger partial charge in [-0.05, 0) is 35.6 Å². The third-order valence-corrected chi connectivity index (χ3v) is 3.41. The molecule has 1 aliphatic carbocycles. The molecule has 0 radical (unpaired) electrons. The molecular weight excluding hydrogens is 218 g/mol. The lowest BCUT2D eigenvalue weighted by atomic mass is 9.95. The fourth-order valence-corrected chi connectivity index (χ4v) is 2.38. The van der Waals surface area contributed by atoms with Crippen LogP contribution in [0.15, 0.2) is 60.3 Å². The van der Waals surface area contributed by atoms with Crippen LogP contribution in [-0.4, -0.2) is 0 Å². The molecule has 0 aliphatic heterocycles. The van der Waals surface area contributed by atoms with Gasteiger partial charge in [0.05, 0.1) is 0 Å². The van der Waals surface area contributed by atoms with Crippen molar-refractivity contribution in [3.05, 3.63) is 77.0 Å². The number of benzene rings is 2. The molecule has 0 bridgehead atoms. The third kappa shape index (κ3) is 2.45. The molecule has 0 unspecified atom stereocenters. The second-order valence-electron chi connectivity index (χ2n) is 4.71. The quantitative estimate of drug-likeness (QED) is 0.854. The first-order chi connectivity index (χ1) is 8.92. The SMILES string of the molecule is C1=C(NCc2ccccc2)CCc2ccccc21. The van der Waals surface area contributed by atoms with E-state index in [0.717, 1.165) is 19.4 Å². The van der Waals surface area contributed by atoms with Crippen molar-refractivity contribution in [1.82, 2.24) is 5.32 Å². The maximum absolute atomic E-state index is 3.54. The standard InChI is InChI=1S/C17H17N/c1-2-6-14(7-3-1)13-18-17-11-10-15-8-4-5-9-16(15)12-17/h1-9,12,18H,10-11,13H2. The number of aryl methyl sites for hydroxylation is 1. The second-order valence-corrected chi connectivity index (χ2v) is 4.71. The van der Waals surface area contributed by atoms with E-state index in [1.54, 1.807) is 0 Å². The van der Waals surface area contributed by atoms with Crippen LogP contribution in [0.3, 0.4) is 0 Å². The van der Waals surface area contributed by atoms with Crippen LogP contribution >= 0.6 is 0 Å². The molecule has 2 aromatic carbocycles. The maximum atomic E-state index is 3.54. The van der Waals surface area contributed by atoms with E-state index in [4.69, 9.17) is 0 Å². The minimum Gasteiger partial charge on any atom is -0.384 e. The van der Waals surface area contributed by atoms with Gasteiger partial charge in [-0.15, -0.1) is 0 Å². The highest BCUT2D eigenvalue weighted by Gasteiger charge is 2.08. The average molecular weight is 235 g/mol. The lowest BCUT2D eigenvalue weighted by molar-refractivity contribution is 0.744. The summed E-state index contributed by atoms with van der Waals surface area (Å²) >= 11 is 0. The number of rotatable bonds is 3. The molecule has 3 rings (SSSR count). The van der Waals surface area contributed by atoms with Crippen LogP contribution < -0.4 is 5.32 Å². The Balaban J connectivity index is 1.70. The van der Waals surface area contributed by atoms with Gasteiger partial charge in [0, 0.05) is 12.2 Å². The summed E-state index contributed by atoms with van der Waals surface area (Å²) in [6.45, 7) is 0.912. The van der Waals surface area contributed by atoms with Crippen molar-refractivity contribution in [2.45, 2.75) is 19.4 Å². The zero-order valence-electron chi connectivity index (χ0n) is 10.4. The van der Waals surface area contributed by atoms with E-state index in [1.807, 2.05) is 0 Å². The molecule has 0 aromatic heterocycles. The maximum Gasteiger partial charge on any atom is 0.0397 e. The molecule has 0 atom stereocenters. The Hall–Kier alpha value is -2.02. The van der Waals surface area contributed by atoms with Crippen LogP contribution in [-0.2, 0) is 13.0 Å². The Morgan fingerprint density at radius 1 is 0.833 bits per heavy atom. The average Bonchev–Trinajstić information content (AvgIpc) is 2.46. The summed E-state index contributed by atoms with van der Waals surface area (Å²) in [5.41, 5.74) is 5.50. The van der Waals surface area contributed by atoms with Gasteiger partial charge in [-0.2, -0.15) is 0 Å². The highest BCUT2D eigenvalue weighted by Crippen LogP contribution is 2.22. The number of nitrogens with one attached hydrogen (secondary N) is 1. The molecule has 18 heavy (non-hydrogen) atoms. The van der Waals surface area contributed by atoms with Crippen molar-refractivity contribution in [3.8, 4) is 0 Å². The Kier molecular flexibility index (Phi) is 3.14. The first-order valence-corrected chi connectivity index (χ1v) is 6.48. The van der Waals surface area contributed by atoms with Gasteiger partial charge in [-0.3, -0.25) is 0 Å². The van der Waals surface area contributed by atoms with Gasteiger partial charge < -0.3 is 5.32 Å². The van der Waals surface area contributed by atoms with Gasteiger partial charge in [0.15, 0.2) is 0 Å². The highest BCUT2D eigenvalue weighted by molar-refractivity contribution is 5.59.